The molecule has 0 aromatic heterocycles. The predicted octanol–water partition coefficient (Wildman–Crippen LogP) is -0.757. The van der Waals surface area contributed by atoms with Crippen molar-refractivity contribution in [2.24, 2.45) is 0 Å². The number of aliphatic hydroxyl groups is 1. The quantitative estimate of drug-likeness (QED) is 0.458. The van der Waals surface area contributed by atoms with Gasteiger partial charge in [-0.15, -0.1) is 0 Å². The Bertz CT molecular complexity index is 302. The minimum absolute atomic E-state index is 0.0331. The third kappa shape index (κ3) is 6.85. The molecular weight excluding hydrogens is 240 g/mol. The summed E-state index contributed by atoms with van der Waals surface area (Å²) in [4.78, 5) is 33.1. The molecular formula is C11H20N2O5. The lowest BCUT2D eigenvalue weighted by molar-refractivity contribution is -0.141. The normalized spacial score (nSPS) is 13.5. The third-order valence-electron chi connectivity index (χ3n) is 2.41. The Hall–Kier alpha value is -1.63. The fraction of sp³-hybridized carbons (Fsp3) is 0.727. The molecule has 18 heavy (non-hydrogen) atoms. The van der Waals surface area contributed by atoms with Crippen LogP contribution in [0.3, 0.4) is 0 Å². The van der Waals surface area contributed by atoms with E-state index in [2.05, 4.69) is 10.6 Å². The number of carboxylic acids is 1. The maximum Gasteiger partial charge on any atom is 0.325 e. The van der Waals surface area contributed by atoms with Crippen molar-refractivity contribution < 1.29 is 24.6 Å². The van der Waals surface area contributed by atoms with Gasteiger partial charge in [0.15, 0.2) is 0 Å². The van der Waals surface area contributed by atoms with E-state index in [0.29, 0.717) is 6.42 Å². The molecule has 0 fully saturated rings. The van der Waals surface area contributed by atoms with E-state index in [1.54, 1.807) is 0 Å². The highest BCUT2D eigenvalue weighted by Gasteiger charge is 2.15. The molecule has 0 spiro atoms. The number of amides is 2. The molecule has 0 radical (unpaired) electrons. The summed E-state index contributed by atoms with van der Waals surface area (Å²) >= 11 is 0. The number of hydrogen-bond donors (Lipinski definition) is 4. The highest BCUT2D eigenvalue weighted by atomic mass is 16.4. The first kappa shape index (κ1) is 16.4. The fourth-order valence-electron chi connectivity index (χ4n) is 1.18. The van der Waals surface area contributed by atoms with Crippen LogP contribution in [0.1, 0.15) is 33.1 Å². The Balaban J connectivity index is 3.91. The lowest BCUT2D eigenvalue weighted by Gasteiger charge is -2.14. The van der Waals surface area contributed by atoms with E-state index >= 15 is 0 Å². The van der Waals surface area contributed by atoms with Crippen molar-refractivity contribution in [2.75, 3.05) is 6.61 Å². The van der Waals surface area contributed by atoms with Gasteiger partial charge in [-0.25, -0.2) is 0 Å². The summed E-state index contributed by atoms with van der Waals surface area (Å²) < 4.78 is 0. The van der Waals surface area contributed by atoms with Crippen molar-refractivity contribution in [1.82, 2.24) is 10.6 Å². The second-order valence-electron chi connectivity index (χ2n) is 3.98. The van der Waals surface area contributed by atoms with Crippen LogP contribution in [0.15, 0.2) is 0 Å². The van der Waals surface area contributed by atoms with Gasteiger partial charge < -0.3 is 20.8 Å². The Kier molecular flexibility index (Phi) is 7.69. The van der Waals surface area contributed by atoms with Gasteiger partial charge in [-0.1, -0.05) is 6.92 Å². The van der Waals surface area contributed by atoms with Gasteiger partial charge in [0.1, 0.15) is 6.04 Å². The number of carboxylic acid groups (broad SMARTS) is 1. The molecule has 0 bridgehead atoms. The van der Waals surface area contributed by atoms with Crippen LogP contribution < -0.4 is 10.6 Å². The van der Waals surface area contributed by atoms with Crippen LogP contribution in [0, 0.1) is 0 Å². The van der Waals surface area contributed by atoms with E-state index in [0.717, 1.165) is 0 Å². The van der Waals surface area contributed by atoms with Crippen LogP contribution in [0.25, 0.3) is 0 Å². The molecule has 0 rings (SSSR count). The molecule has 0 saturated heterocycles. The zero-order valence-electron chi connectivity index (χ0n) is 10.6. The first-order chi connectivity index (χ1) is 8.40. The largest absolute Gasteiger partial charge is 0.480 e. The summed E-state index contributed by atoms with van der Waals surface area (Å²) in [7, 11) is 0. The van der Waals surface area contributed by atoms with Crippen molar-refractivity contribution in [3.05, 3.63) is 0 Å². The summed E-state index contributed by atoms with van der Waals surface area (Å²) in [5.74, 6) is -1.95. The zero-order valence-corrected chi connectivity index (χ0v) is 10.6. The first-order valence-electron chi connectivity index (χ1n) is 5.83. The van der Waals surface area contributed by atoms with Gasteiger partial charge in [-0.05, 0) is 13.3 Å². The molecule has 0 heterocycles. The number of aliphatic carboxylic acids is 1. The van der Waals surface area contributed by atoms with Gasteiger partial charge in [-0.3, -0.25) is 14.4 Å². The number of carbonyl (C=O) groups is 3. The molecule has 7 nitrogen and oxygen atoms in total. The average Bonchev–Trinajstić information content (AvgIpc) is 2.33. The van der Waals surface area contributed by atoms with Gasteiger partial charge in [0.25, 0.3) is 0 Å². The number of rotatable bonds is 8. The molecule has 2 atom stereocenters. The Morgan fingerprint density at radius 2 is 1.61 bits per heavy atom. The number of carbonyl (C=O) groups excluding carboxylic acids is 2. The predicted molar refractivity (Wildman–Crippen MR) is 63.8 cm³/mol. The lowest BCUT2D eigenvalue weighted by atomic mass is 10.2. The van der Waals surface area contributed by atoms with E-state index in [1.165, 1.54) is 6.92 Å². The SMILES string of the molecule is CCC(CO)NC(=O)CCC(=O)NC(C)C(=O)O. The molecule has 0 aromatic carbocycles. The van der Waals surface area contributed by atoms with Crippen LogP contribution >= 0.6 is 0 Å². The van der Waals surface area contributed by atoms with Gasteiger partial charge in [0.2, 0.25) is 11.8 Å². The molecule has 7 heteroatoms. The number of hydrogen-bond acceptors (Lipinski definition) is 4. The molecule has 0 aromatic rings. The molecule has 104 valence electrons. The Morgan fingerprint density at radius 1 is 1.11 bits per heavy atom. The standard InChI is InChI=1S/C11H20N2O5/c1-3-8(6-14)13-10(16)5-4-9(15)12-7(2)11(17)18/h7-8,14H,3-6H2,1-2H3,(H,12,15)(H,13,16)(H,17,18). The van der Waals surface area contributed by atoms with Gasteiger partial charge in [0.05, 0.1) is 12.6 Å². The van der Waals surface area contributed by atoms with Crippen molar-refractivity contribution in [1.29, 1.82) is 0 Å². The topological polar surface area (TPSA) is 116 Å². The average molecular weight is 260 g/mol. The fourth-order valence-corrected chi connectivity index (χ4v) is 1.18. The van der Waals surface area contributed by atoms with Crippen molar-refractivity contribution in [2.45, 2.75) is 45.2 Å². The third-order valence-corrected chi connectivity index (χ3v) is 2.41. The van der Waals surface area contributed by atoms with E-state index in [1.807, 2.05) is 6.92 Å². The molecule has 2 amide bonds. The zero-order chi connectivity index (χ0) is 14.1. The molecule has 0 aliphatic carbocycles. The van der Waals surface area contributed by atoms with Crippen LogP contribution in [0.2, 0.25) is 0 Å². The van der Waals surface area contributed by atoms with E-state index < -0.39 is 17.9 Å². The summed E-state index contributed by atoms with van der Waals surface area (Å²) in [6, 6.07) is -1.28. The van der Waals surface area contributed by atoms with Gasteiger partial charge >= 0.3 is 5.97 Å². The number of aliphatic hydroxyl groups excluding tert-OH is 1. The molecule has 2 unspecified atom stereocenters. The highest BCUT2D eigenvalue weighted by Crippen LogP contribution is 1.95. The van der Waals surface area contributed by atoms with E-state index in [-0.39, 0.29) is 31.4 Å². The highest BCUT2D eigenvalue weighted by molar-refractivity contribution is 5.86. The summed E-state index contributed by atoms with van der Waals surface area (Å²) in [5.41, 5.74) is 0. The minimum atomic E-state index is -1.13. The van der Waals surface area contributed by atoms with Crippen LogP contribution in [-0.4, -0.2) is 46.7 Å². The summed E-state index contributed by atoms with van der Waals surface area (Å²) in [6.07, 6.45) is 0.491. The second kappa shape index (κ2) is 8.46. The maximum absolute atomic E-state index is 11.4. The van der Waals surface area contributed by atoms with E-state index in [4.69, 9.17) is 10.2 Å². The van der Waals surface area contributed by atoms with Crippen LogP contribution in [0.4, 0.5) is 0 Å². The molecule has 4 N–H and O–H groups in total. The smallest absolute Gasteiger partial charge is 0.325 e. The first-order valence-corrected chi connectivity index (χ1v) is 5.83. The molecule has 0 aliphatic rings. The Labute approximate surface area is 106 Å². The molecule has 0 saturated carbocycles. The summed E-state index contributed by atoms with van der Waals surface area (Å²) in [5, 5.41) is 22.3. The second-order valence-corrected chi connectivity index (χ2v) is 3.98. The number of nitrogens with one attached hydrogen (secondary N) is 2. The monoisotopic (exact) mass is 260 g/mol. The molecule has 0 aliphatic heterocycles. The van der Waals surface area contributed by atoms with Crippen LogP contribution in [-0.2, 0) is 14.4 Å². The van der Waals surface area contributed by atoms with Crippen LogP contribution in [0.5, 0.6) is 0 Å². The lowest BCUT2D eigenvalue weighted by Crippen LogP contribution is -2.40. The van der Waals surface area contributed by atoms with E-state index in [9.17, 15) is 14.4 Å². The van der Waals surface area contributed by atoms with Gasteiger partial charge in [0, 0.05) is 12.8 Å². The Morgan fingerprint density at radius 3 is 2.00 bits per heavy atom. The summed E-state index contributed by atoms with van der Waals surface area (Å²) in [6.45, 7) is 3.02. The van der Waals surface area contributed by atoms with Crippen molar-refractivity contribution >= 4 is 17.8 Å². The minimum Gasteiger partial charge on any atom is -0.480 e. The van der Waals surface area contributed by atoms with Gasteiger partial charge in [-0.2, -0.15) is 0 Å². The van der Waals surface area contributed by atoms with Crippen molar-refractivity contribution in [3.8, 4) is 0 Å². The maximum atomic E-state index is 11.4. The van der Waals surface area contributed by atoms with Crippen molar-refractivity contribution in [3.63, 3.8) is 0 Å².